The largest absolute Gasteiger partial charge is 0.493 e. The summed E-state index contributed by atoms with van der Waals surface area (Å²) in [6.07, 6.45) is 3.81. The van der Waals surface area contributed by atoms with Gasteiger partial charge in [-0.2, -0.15) is 0 Å². The van der Waals surface area contributed by atoms with Crippen molar-refractivity contribution in [2.45, 2.75) is 13.5 Å². The Hall–Kier alpha value is -2.01. The Morgan fingerprint density at radius 2 is 1.95 bits per heavy atom. The first kappa shape index (κ1) is 15.4. The van der Waals surface area contributed by atoms with Crippen molar-refractivity contribution in [1.82, 2.24) is 14.5 Å². The molecule has 0 spiro atoms. The summed E-state index contributed by atoms with van der Waals surface area (Å²) < 4.78 is 13.1. The Bertz CT molecular complexity index is 606. The topological polar surface area (TPSA) is 39.5 Å². The Balaban J connectivity index is 2.47. The molecule has 0 unspecified atom stereocenters. The number of aryl methyl sites for hydroxylation is 1. The maximum Gasteiger partial charge on any atom is 0.171 e. The first-order chi connectivity index (χ1) is 10.1. The van der Waals surface area contributed by atoms with Crippen molar-refractivity contribution in [2.75, 3.05) is 34.9 Å². The van der Waals surface area contributed by atoms with Crippen molar-refractivity contribution < 1.29 is 9.47 Å². The molecule has 0 N–H and O–H groups in total. The van der Waals surface area contributed by atoms with E-state index in [0.717, 1.165) is 41.5 Å². The second-order valence-electron chi connectivity index (χ2n) is 5.30. The number of imidazole rings is 1. The fourth-order valence-electron chi connectivity index (χ4n) is 2.31. The van der Waals surface area contributed by atoms with Gasteiger partial charge in [0.2, 0.25) is 0 Å². The molecule has 114 valence electrons. The van der Waals surface area contributed by atoms with Crippen molar-refractivity contribution in [3.05, 3.63) is 30.1 Å². The van der Waals surface area contributed by atoms with Crippen molar-refractivity contribution in [3.63, 3.8) is 0 Å². The summed E-state index contributed by atoms with van der Waals surface area (Å²) in [5.41, 5.74) is 2.07. The fourth-order valence-corrected chi connectivity index (χ4v) is 2.31. The molecule has 2 rings (SSSR count). The highest BCUT2D eigenvalue weighted by Crippen LogP contribution is 2.38. The van der Waals surface area contributed by atoms with Gasteiger partial charge >= 0.3 is 0 Å². The lowest BCUT2D eigenvalue weighted by atomic mass is 10.1. The van der Waals surface area contributed by atoms with Gasteiger partial charge in [0.05, 0.1) is 19.8 Å². The minimum atomic E-state index is 0.723. The number of nitrogens with zero attached hydrogens (tertiary/aromatic N) is 3. The third-order valence-electron chi connectivity index (χ3n) is 3.37. The molecule has 0 radical (unpaired) electrons. The highest BCUT2D eigenvalue weighted by atomic mass is 16.5. The molecule has 21 heavy (non-hydrogen) atoms. The van der Waals surface area contributed by atoms with Gasteiger partial charge in [-0.25, -0.2) is 4.98 Å². The molecule has 0 bridgehead atoms. The van der Waals surface area contributed by atoms with Crippen LogP contribution in [0, 0.1) is 6.92 Å². The van der Waals surface area contributed by atoms with Crippen LogP contribution in [0.3, 0.4) is 0 Å². The molecular formula is C16H23N3O2. The number of hydrogen-bond acceptors (Lipinski definition) is 4. The number of rotatable bonds is 6. The molecule has 0 fully saturated rings. The summed E-state index contributed by atoms with van der Waals surface area (Å²) in [6, 6.07) is 4.05. The Morgan fingerprint density at radius 1 is 1.19 bits per heavy atom. The standard InChI is InChI=1S/C16H23N3O2/c1-12-10-13(15(21-5)14(11-12)20-4)16-17-6-7-19(16)9-8-18(2)3/h6-7,10-11H,8-9H2,1-5H3. The second kappa shape index (κ2) is 6.63. The van der Waals surface area contributed by atoms with Crippen LogP contribution in [0.2, 0.25) is 0 Å². The van der Waals surface area contributed by atoms with Crippen LogP contribution in [-0.4, -0.2) is 49.3 Å². The monoisotopic (exact) mass is 289 g/mol. The van der Waals surface area contributed by atoms with E-state index in [2.05, 4.69) is 34.6 Å². The summed E-state index contributed by atoms with van der Waals surface area (Å²) in [4.78, 5) is 6.65. The SMILES string of the molecule is COc1cc(C)cc(-c2nccn2CCN(C)C)c1OC. The molecular weight excluding hydrogens is 266 g/mol. The predicted octanol–water partition coefficient (Wildman–Crippen LogP) is 2.44. The van der Waals surface area contributed by atoms with Crippen LogP contribution in [0.25, 0.3) is 11.4 Å². The van der Waals surface area contributed by atoms with Crippen LogP contribution in [0.15, 0.2) is 24.5 Å². The van der Waals surface area contributed by atoms with Crippen molar-refractivity contribution in [3.8, 4) is 22.9 Å². The Labute approximate surface area is 126 Å². The molecule has 1 aromatic heterocycles. The molecule has 5 heteroatoms. The van der Waals surface area contributed by atoms with Gasteiger partial charge in [-0.05, 0) is 38.7 Å². The van der Waals surface area contributed by atoms with E-state index in [0.29, 0.717) is 0 Å². The van der Waals surface area contributed by atoms with Crippen LogP contribution in [0.4, 0.5) is 0 Å². The van der Waals surface area contributed by atoms with Gasteiger partial charge < -0.3 is 18.9 Å². The summed E-state index contributed by atoms with van der Waals surface area (Å²) >= 11 is 0. The number of ether oxygens (including phenoxy) is 2. The van der Waals surface area contributed by atoms with Crippen LogP contribution in [0.5, 0.6) is 11.5 Å². The predicted molar refractivity (Wildman–Crippen MR) is 84.1 cm³/mol. The highest BCUT2D eigenvalue weighted by Gasteiger charge is 2.16. The van der Waals surface area contributed by atoms with Gasteiger partial charge in [-0.1, -0.05) is 0 Å². The first-order valence-electron chi connectivity index (χ1n) is 6.95. The molecule has 0 saturated heterocycles. The highest BCUT2D eigenvalue weighted by molar-refractivity contribution is 5.70. The quantitative estimate of drug-likeness (QED) is 0.819. The number of methoxy groups -OCH3 is 2. The van der Waals surface area contributed by atoms with Crippen molar-refractivity contribution in [1.29, 1.82) is 0 Å². The Morgan fingerprint density at radius 3 is 2.57 bits per heavy atom. The van der Waals surface area contributed by atoms with E-state index in [1.165, 1.54) is 0 Å². The summed E-state index contributed by atoms with van der Waals surface area (Å²) in [5, 5.41) is 0. The molecule has 0 aliphatic heterocycles. The van der Waals surface area contributed by atoms with E-state index in [1.807, 2.05) is 25.4 Å². The number of likely N-dealkylation sites (N-methyl/N-ethyl adjacent to an activating group) is 1. The van der Waals surface area contributed by atoms with Gasteiger partial charge in [-0.3, -0.25) is 0 Å². The third-order valence-corrected chi connectivity index (χ3v) is 3.37. The van der Waals surface area contributed by atoms with E-state index in [-0.39, 0.29) is 0 Å². The molecule has 1 heterocycles. The zero-order chi connectivity index (χ0) is 15.4. The number of hydrogen-bond donors (Lipinski definition) is 0. The average molecular weight is 289 g/mol. The third kappa shape index (κ3) is 3.36. The molecule has 5 nitrogen and oxygen atoms in total. The van der Waals surface area contributed by atoms with E-state index in [9.17, 15) is 0 Å². The lowest BCUT2D eigenvalue weighted by Gasteiger charge is -2.16. The lowest BCUT2D eigenvalue weighted by Crippen LogP contribution is -2.18. The van der Waals surface area contributed by atoms with Gasteiger partial charge in [0, 0.05) is 25.5 Å². The van der Waals surface area contributed by atoms with Crippen LogP contribution in [-0.2, 0) is 6.54 Å². The van der Waals surface area contributed by atoms with E-state index >= 15 is 0 Å². The van der Waals surface area contributed by atoms with Crippen LogP contribution >= 0.6 is 0 Å². The summed E-state index contributed by atoms with van der Waals surface area (Å²) in [7, 11) is 7.43. The van der Waals surface area contributed by atoms with Gasteiger partial charge in [0.25, 0.3) is 0 Å². The van der Waals surface area contributed by atoms with E-state index in [4.69, 9.17) is 9.47 Å². The lowest BCUT2D eigenvalue weighted by molar-refractivity contribution is 0.355. The normalized spacial score (nSPS) is 11.0. The minimum Gasteiger partial charge on any atom is -0.493 e. The molecule has 0 aliphatic carbocycles. The molecule has 2 aromatic rings. The van der Waals surface area contributed by atoms with Crippen LogP contribution < -0.4 is 9.47 Å². The molecule has 0 atom stereocenters. The molecule has 0 amide bonds. The van der Waals surface area contributed by atoms with Gasteiger partial charge in [0.15, 0.2) is 11.5 Å². The zero-order valence-electron chi connectivity index (χ0n) is 13.4. The Kier molecular flexibility index (Phi) is 4.85. The molecule has 1 aromatic carbocycles. The van der Waals surface area contributed by atoms with E-state index in [1.54, 1.807) is 14.2 Å². The molecule has 0 aliphatic rings. The van der Waals surface area contributed by atoms with Crippen molar-refractivity contribution >= 4 is 0 Å². The van der Waals surface area contributed by atoms with Gasteiger partial charge in [0.1, 0.15) is 5.82 Å². The maximum absolute atomic E-state index is 5.54. The zero-order valence-corrected chi connectivity index (χ0v) is 13.4. The summed E-state index contributed by atoms with van der Waals surface area (Å²) in [6.45, 7) is 3.87. The van der Waals surface area contributed by atoms with Gasteiger partial charge in [-0.15, -0.1) is 0 Å². The first-order valence-corrected chi connectivity index (χ1v) is 6.95. The van der Waals surface area contributed by atoms with Crippen molar-refractivity contribution in [2.24, 2.45) is 0 Å². The van der Waals surface area contributed by atoms with Crippen LogP contribution in [0.1, 0.15) is 5.56 Å². The summed E-state index contributed by atoms with van der Waals surface area (Å²) in [5.74, 6) is 2.35. The average Bonchev–Trinajstić information content (AvgIpc) is 2.92. The maximum atomic E-state index is 5.54. The molecule has 0 saturated carbocycles. The van der Waals surface area contributed by atoms with E-state index < -0.39 is 0 Å². The smallest absolute Gasteiger partial charge is 0.171 e. The second-order valence-corrected chi connectivity index (χ2v) is 5.30. The fraction of sp³-hybridized carbons (Fsp3) is 0.438. The number of aromatic nitrogens is 2. The number of benzene rings is 1. The minimum absolute atomic E-state index is 0.723.